The number of nitrogens with one attached hydrogen (secondary N) is 1. The van der Waals surface area contributed by atoms with E-state index in [2.05, 4.69) is 27.3 Å². The van der Waals surface area contributed by atoms with E-state index >= 15 is 0 Å². The first kappa shape index (κ1) is 16.1. The van der Waals surface area contributed by atoms with Crippen LogP contribution in [0.4, 0.5) is 11.4 Å². The van der Waals surface area contributed by atoms with E-state index in [0.717, 1.165) is 14.7 Å². The van der Waals surface area contributed by atoms with Crippen molar-refractivity contribution in [3.8, 4) is 0 Å². The van der Waals surface area contributed by atoms with E-state index in [1.165, 1.54) is 0 Å². The summed E-state index contributed by atoms with van der Waals surface area (Å²) in [7, 11) is -3.68. The number of hydrogen-bond donors (Lipinski definition) is 2. The normalized spacial score (nSPS) is 11.4. The van der Waals surface area contributed by atoms with Gasteiger partial charge in [-0.15, -0.1) is 0 Å². The van der Waals surface area contributed by atoms with Crippen molar-refractivity contribution in [1.82, 2.24) is 0 Å². The molecule has 6 heteroatoms. The van der Waals surface area contributed by atoms with Gasteiger partial charge in [-0.3, -0.25) is 4.72 Å². The molecular weight excluding hydrogens is 399 g/mol. The maximum atomic E-state index is 12.7. The Morgan fingerprint density at radius 3 is 2.33 bits per heavy atom. The average molecular weight is 416 g/mol. The number of para-hydroxylation sites is 1. The highest BCUT2D eigenvalue weighted by Gasteiger charge is 2.23. The standard InChI is InChI=1S/C15H17IN2O2S/c1-9-8-13(17)11(3)15(10(9)2)21(19,20)18-14-7-5-4-6-12(14)16/h4-8,18H,17H2,1-3H3. The van der Waals surface area contributed by atoms with Crippen LogP contribution in [0.25, 0.3) is 0 Å². The Labute approximate surface area is 138 Å². The summed E-state index contributed by atoms with van der Waals surface area (Å²) in [6.07, 6.45) is 0. The Balaban J connectivity index is 2.58. The van der Waals surface area contributed by atoms with Crippen molar-refractivity contribution in [2.24, 2.45) is 0 Å². The van der Waals surface area contributed by atoms with Crippen LogP contribution in [-0.4, -0.2) is 8.42 Å². The number of anilines is 2. The van der Waals surface area contributed by atoms with Gasteiger partial charge in [0.25, 0.3) is 10.0 Å². The maximum Gasteiger partial charge on any atom is 0.262 e. The minimum atomic E-state index is -3.68. The van der Waals surface area contributed by atoms with E-state index < -0.39 is 10.0 Å². The molecule has 0 aliphatic heterocycles. The first-order valence-electron chi connectivity index (χ1n) is 6.37. The molecule has 0 aromatic heterocycles. The van der Waals surface area contributed by atoms with Gasteiger partial charge in [0.1, 0.15) is 0 Å². The molecule has 0 aliphatic rings. The number of aryl methyl sites for hydroxylation is 1. The van der Waals surface area contributed by atoms with Crippen LogP contribution < -0.4 is 10.5 Å². The fourth-order valence-corrected chi connectivity index (χ4v) is 4.54. The molecule has 0 spiro atoms. The SMILES string of the molecule is Cc1cc(N)c(C)c(S(=O)(=O)Nc2ccccc2I)c1C. The van der Waals surface area contributed by atoms with Crippen LogP contribution >= 0.6 is 22.6 Å². The molecule has 3 N–H and O–H groups in total. The first-order valence-corrected chi connectivity index (χ1v) is 8.94. The molecule has 0 fully saturated rings. The second-order valence-electron chi connectivity index (χ2n) is 4.95. The average Bonchev–Trinajstić information content (AvgIpc) is 2.39. The summed E-state index contributed by atoms with van der Waals surface area (Å²) in [5, 5.41) is 0. The molecule has 0 amide bonds. The lowest BCUT2D eigenvalue weighted by atomic mass is 10.1. The second-order valence-corrected chi connectivity index (χ2v) is 7.73. The van der Waals surface area contributed by atoms with Crippen LogP contribution in [0.3, 0.4) is 0 Å². The summed E-state index contributed by atoms with van der Waals surface area (Å²) >= 11 is 2.10. The molecule has 2 aromatic carbocycles. The monoisotopic (exact) mass is 416 g/mol. The second kappa shape index (κ2) is 5.84. The Morgan fingerprint density at radius 2 is 1.71 bits per heavy atom. The van der Waals surface area contributed by atoms with Crippen molar-refractivity contribution in [2.75, 3.05) is 10.5 Å². The maximum absolute atomic E-state index is 12.7. The summed E-state index contributed by atoms with van der Waals surface area (Å²) in [4.78, 5) is 0.264. The van der Waals surface area contributed by atoms with E-state index in [4.69, 9.17) is 5.73 Å². The highest BCUT2D eigenvalue weighted by atomic mass is 127. The zero-order valence-corrected chi connectivity index (χ0v) is 15.0. The van der Waals surface area contributed by atoms with Gasteiger partial charge in [-0.25, -0.2) is 8.42 Å². The van der Waals surface area contributed by atoms with Crippen molar-refractivity contribution in [3.63, 3.8) is 0 Å². The lowest BCUT2D eigenvalue weighted by molar-refractivity contribution is 0.600. The summed E-state index contributed by atoms with van der Waals surface area (Å²) in [5.41, 5.74) is 9.14. The van der Waals surface area contributed by atoms with Gasteiger partial charge in [0, 0.05) is 9.26 Å². The predicted molar refractivity (Wildman–Crippen MR) is 95.0 cm³/mol. The topological polar surface area (TPSA) is 72.2 Å². The quantitative estimate of drug-likeness (QED) is 0.593. The number of nitrogen functional groups attached to an aromatic ring is 1. The highest BCUT2D eigenvalue weighted by Crippen LogP contribution is 2.30. The van der Waals surface area contributed by atoms with E-state index in [-0.39, 0.29) is 4.90 Å². The van der Waals surface area contributed by atoms with Gasteiger partial charge >= 0.3 is 0 Å². The number of rotatable bonds is 3. The molecule has 112 valence electrons. The van der Waals surface area contributed by atoms with Crippen LogP contribution in [0.1, 0.15) is 16.7 Å². The summed E-state index contributed by atoms with van der Waals surface area (Å²) in [5.74, 6) is 0. The summed E-state index contributed by atoms with van der Waals surface area (Å²) < 4.78 is 29.0. The van der Waals surface area contributed by atoms with Gasteiger partial charge in [-0.2, -0.15) is 0 Å². The lowest BCUT2D eigenvalue weighted by Crippen LogP contribution is -2.17. The van der Waals surface area contributed by atoms with Crippen molar-refractivity contribution in [1.29, 1.82) is 0 Å². The van der Waals surface area contributed by atoms with Crippen molar-refractivity contribution >= 4 is 44.0 Å². The van der Waals surface area contributed by atoms with Gasteiger partial charge in [0.05, 0.1) is 10.6 Å². The third kappa shape index (κ3) is 3.16. The number of nitrogens with two attached hydrogens (primary N) is 1. The van der Waals surface area contributed by atoms with E-state index in [1.54, 1.807) is 32.0 Å². The molecule has 2 aromatic rings. The van der Waals surface area contributed by atoms with Crippen LogP contribution in [-0.2, 0) is 10.0 Å². The van der Waals surface area contributed by atoms with Crippen molar-refractivity contribution in [2.45, 2.75) is 25.7 Å². The van der Waals surface area contributed by atoms with Crippen LogP contribution in [0, 0.1) is 24.3 Å². The predicted octanol–water partition coefficient (Wildman–Crippen LogP) is 3.60. The molecule has 0 bridgehead atoms. The lowest BCUT2D eigenvalue weighted by Gasteiger charge is -2.17. The molecule has 0 heterocycles. The molecule has 0 aliphatic carbocycles. The van der Waals surface area contributed by atoms with Gasteiger partial charge in [-0.1, -0.05) is 12.1 Å². The van der Waals surface area contributed by atoms with E-state index in [9.17, 15) is 8.42 Å². The van der Waals surface area contributed by atoms with Gasteiger partial charge in [-0.05, 0) is 78.3 Å². The highest BCUT2D eigenvalue weighted by molar-refractivity contribution is 14.1. The molecule has 0 saturated carbocycles. The third-order valence-electron chi connectivity index (χ3n) is 3.46. The Morgan fingerprint density at radius 1 is 1.10 bits per heavy atom. The number of sulfonamides is 1. The molecule has 0 unspecified atom stereocenters. The van der Waals surface area contributed by atoms with Crippen LogP contribution in [0.5, 0.6) is 0 Å². The van der Waals surface area contributed by atoms with Crippen molar-refractivity contribution in [3.05, 3.63) is 50.6 Å². The van der Waals surface area contributed by atoms with Gasteiger partial charge in [0.2, 0.25) is 0 Å². The Kier molecular flexibility index (Phi) is 4.48. The molecule has 0 saturated heterocycles. The number of benzene rings is 2. The van der Waals surface area contributed by atoms with Crippen LogP contribution in [0.2, 0.25) is 0 Å². The number of halogens is 1. The minimum absolute atomic E-state index is 0.264. The fraction of sp³-hybridized carbons (Fsp3) is 0.200. The van der Waals surface area contributed by atoms with Crippen LogP contribution in [0.15, 0.2) is 35.2 Å². The first-order chi connectivity index (χ1) is 9.74. The van der Waals surface area contributed by atoms with E-state index in [0.29, 0.717) is 16.9 Å². The molecule has 0 radical (unpaired) electrons. The van der Waals surface area contributed by atoms with Gasteiger partial charge in [0.15, 0.2) is 0 Å². The Hall–Kier alpha value is -1.28. The largest absolute Gasteiger partial charge is 0.398 e. The summed E-state index contributed by atoms with van der Waals surface area (Å²) in [6, 6.07) is 9.05. The minimum Gasteiger partial charge on any atom is -0.398 e. The molecule has 2 rings (SSSR count). The zero-order valence-electron chi connectivity index (χ0n) is 12.1. The number of hydrogen-bond acceptors (Lipinski definition) is 3. The van der Waals surface area contributed by atoms with E-state index in [1.807, 2.05) is 19.1 Å². The van der Waals surface area contributed by atoms with Crippen molar-refractivity contribution < 1.29 is 8.42 Å². The molecular formula is C15H17IN2O2S. The fourth-order valence-electron chi connectivity index (χ4n) is 2.18. The molecule has 21 heavy (non-hydrogen) atoms. The Bertz CT molecular complexity index is 775. The third-order valence-corrected chi connectivity index (χ3v) is 6.04. The molecule has 4 nitrogen and oxygen atoms in total. The summed E-state index contributed by atoms with van der Waals surface area (Å²) in [6.45, 7) is 5.38. The smallest absolute Gasteiger partial charge is 0.262 e. The molecule has 0 atom stereocenters. The van der Waals surface area contributed by atoms with Gasteiger partial charge < -0.3 is 5.73 Å². The zero-order chi connectivity index (χ0) is 15.8.